The molecule has 0 spiro atoms. The molecule has 21 heavy (non-hydrogen) atoms. The largest absolute Gasteiger partial charge is 0.355 e. The maximum atomic E-state index is 11.9. The SMILES string of the molecule is CC(C)N1CCC(CNC(=O)Cc2ccc(C#N)cc2)C1. The molecule has 1 unspecified atom stereocenters. The summed E-state index contributed by atoms with van der Waals surface area (Å²) in [4.78, 5) is 14.4. The lowest BCUT2D eigenvalue weighted by Crippen LogP contribution is -2.33. The Morgan fingerprint density at radius 1 is 1.43 bits per heavy atom. The third-order valence-electron chi connectivity index (χ3n) is 4.08. The third kappa shape index (κ3) is 4.57. The lowest BCUT2D eigenvalue weighted by Gasteiger charge is -2.20. The van der Waals surface area contributed by atoms with Crippen molar-refractivity contribution in [1.82, 2.24) is 10.2 Å². The van der Waals surface area contributed by atoms with Crippen LogP contribution in [0.15, 0.2) is 24.3 Å². The summed E-state index contributed by atoms with van der Waals surface area (Å²) in [6.45, 7) is 7.40. The highest BCUT2D eigenvalue weighted by atomic mass is 16.1. The van der Waals surface area contributed by atoms with Crippen LogP contribution in [0, 0.1) is 17.2 Å². The molecule has 1 N–H and O–H groups in total. The van der Waals surface area contributed by atoms with Gasteiger partial charge in [0.15, 0.2) is 0 Å². The van der Waals surface area contributed by atoms with Crippen molar-refractivity contribution in [3.63, 3.8) is 0 Å². The molecule has 2 rings (SSSR count). The van der Waals surface area contributed by atoms with E-state index in [1.54, 1.807) is 12.1 Å². The number of carbonyl (C=O) groups is 1. The average molecular weight is 285 g/mol. The van der Waals surface area contributed by atoms with Gasteiger partial charge < -0.3 is 10.2 Å². The summed E-state index contributed by atoms with van der Waals surface area (Å²) in [5, 5.41) is 11.8. The number of amides is 1. The Morgan fingerprint density at radius 3 is 2.71 bits per heavy atom. The van der Waals surface area contributed by atoms with Gasteiger partial charge in [-0.3, -0.25) is 4.79 Å². The van der Waals surface area contributed by atoms with E-state index >= 15 is 0 Å². The Kier molecular flexibility index (Phi) is 5.35. The molecule has 0 radical (unpaired) electrons. The summed E-state index contributed by atoms with van der Waals surface area (Å²) in [7, 11) is 0. The molecule has 0 bridgehead atoms. The zero-order chi connectivity index (χ0) is 15.2. The zero-order valence-corrected chi connectivity index (χ0v) is 12.8. The predicted molar refractivity (Wildman–Crippen MR) is 82.7 cm³/mol. The molecule has 4 heteroatoms. The first kappa shape index (κ1) is 15.5. The second kappa shape index (κ2) is 7.24. The first-order valence-electron chi connectivity index (χ1n) is 7.58. The Bertz CT molecular complexity index is 516. The molecule has 1 aromatic carbocycles. The van der Waals surface area contributed by atoms with Crippen LogP contribution in [-0.2, 0) is 11.2 Å². The molecule has 1 amide bonds. The second-order valence-corrected chi connectivity index (χ2v) is 6.03. The maximum Gasteiger partial charge on any atom is 0.224 e. The molecule has 1 atom stereocenters. The van der Waals surface area contributed by atoms with Crippen LogP contribution in [-0.4, -0.2) is 36.5 Å². The predicted octanol–water partition coefficient (Wildman–Crippen LogP) is 1.95. The van der Waals surface area contributed by atoms with Gasteiger partial charge in [0.05, 0.1) is 18.1 Å². The van der Waals surface area contributed by atoms with Crippen molar-refractivity contribution in [3.8, 4) is 6.07 Å². The van der Waals surface area contributed by atoms with Gasteiger partial charge in [0.25, 0.3) is 0 Å². The van der Waals surface area contributed by atoms with Gasteiger partial charge in [-0.25, -0.2) is 0 Å². The molecule has 0 aromatic heterocycles. The van der Waals surface area contributed by atoms with Crippen LogP contribution < -0.4 is 5.32 Å². The van der Waals surface area contributed by atoms with Crippen molar-refractivity contribution < 1.29 is 4.79 Å². The number of nitrogens with zero attached hydrogens (tertiary/aromatic N) is 2. The van der Waals surface area contributed by atoms with Crippen LogP contribution in [0.1, 0.15) is 31.4 Å². The van der Waals surface area contributed by atoms with Crippen molar-refractivity contribution in [3.05, 3.63) is 35.4 Å². The Morgan fingerprint density at radius 2 is 2.14 bits per heavy atom. The number of hydrogen-bond acceptors (Lipinski definition) is 3. The molecular weight excluding hydrogens is 262 g/mol. The number of hydrogen-bond donors (Lipinski definition) is 1. The van der Waals surface area contributed by atoms with Crippen LogP contribution >= 0.6 is 0 Å². The zero-order valence-electron chi connectivity index (χ0n) is 12.8. The highest BCUT2D eigenvalue weighted by molar-refractivity contribution is 5.78. The van der Waals surface area contributed by atoms with Gasteiger partial charge in [0, 0.05) is 19.1 Å². The van der Waals surface area contributed by atoms with Gasteiger partial charge in [-0.1, -0.05) is 12.1 Å². The van der Waals surface area contributed by atoms with E-state index < -0.39 is 0 Å². The molecular formula is C17H23N3O. The molecule has 0 aliphatic carbocycles. The van der Waals surface area contributed by atoms with Crippen LogP contribution in [0.5, 0.6) is 0 Å². The first-order chi connectivity index (χ1) is 10.1. The number of carbonyl (C=O) groups excluding carboxylic acids is 1. The van der Waals surface area contributed by atoms with E-state index in [1.807, 2.05) is 12.1 Å². The second-order valence-electron chi connectivity index (χ2n) is 6.03. The Hall–Kier alpha value is -1.86. The fourth-order valence-electron chi connectivity index (χ4n) is 2.70. The minimum absolute atomic E-state index is 0.0581. The summed E-state index contributed by atoms with van der Waals surface area (Å²) in [5.74, 6) is 0.625. The quantitative estimate of drug-likeness (QED) is 0.899. The fourth-order valence-corrected chi connectivity index (χ4v) is 2.70. The minimum atomic E-state index is 0.0581. The van der Waals surface area contributed by atoms with Gasteiger partial charge in [0.2, 0.25) is 5.91 Å². The van der Waals surface area contributed by atoms with E-state index in [4.69, 9.17) is 5.26 Å². The summed E-state index contributed by atoms with van der Waals surface area (Å²) in [6.07, 6.45) is 1.54. The molecule has 1 saturated heterocycles. The van der Waals surface area contributed by atoms with E-state index in [2.05, 4.69) is 30.1 Å². The first-order valence-corrected chi connectivity index (χ1v) is 7.58. The molecule has 1 heterocycles. The molecule has 112 valence electrons. The molecule has 0 saturated carbocycles. The summed E-state index contributed by atoms with van der Waals surface area (Å²) >= 11 is 0. The number of rotatable bonds is 5. The van der Waals surface area contributed by atoms with Gasteiger partial charge in [0.1, 0.15) is 0 Å². The lowest BCUT2D eigenvalue weighted by atomic mass is 10.1. The van der Waals surface area contributed by atoms with E-state index in [9.17, 15) is 4.79 Å². The van der Waals surface area contributed by atoms with Crippen molar-refractivity contribution in [2.75, 3.05) is 19.6 Å². The van der Waals surface area contributed by atoms with Crippen LogP contribution in [0.4, 0.5) is 0 Å². The molecule has 1 fully saturated rings. The van der Waals surface area contributed by atoms with Gasteiger partial charge >= 0.3 is 0 Å². The summed E-state index contributed by atoms with van der Waals surface area (Å²) in [6, 6.07) is 9.85. The lowest BCUT2D eigenvalue weighted by molar-refractivity contribution is -0.120. The van der Waals surface area contributed by atoms with Crippen LogP contribution in [0.2, 0.25) is 0 Å². The number of benzene rings is 1. The third-order valence-corrected chi connectivity index (χ3v) is 4.08. The van der Waals surface area contributed by atoms with Crippen molar-refractivity contribution in [2.24, 2.45) is 5.92 Å². The molecule has 4 nitrogen and oxygen atoms in total. The van der Waals surface area contributed by atoms with Gasteiger partial charge in [-0.2, -0.15) is 5.26 Å². The topological polar surface area (TPSA) is 56.1 Å². The Balaban J connectivity index is 1.74. The fraction of sp³-hybridized carbons (Fsp3) is 0.529. The summed E-state index contributed by atoms with van der Waals surface area (Å²) in [5.41, 5.74) is 1.57. The van der Waals surface area contributed by atoms with Crippen molar-refractivity contribution in [2.45, 2.75) is 32.7 Å². The van der Waals surface area contributed by atoms with Crippen molar-refractivity contribution in [1.29, 1.82) is 5.26 Å². The smallest absolute Gasteiger partial charge is 0.224 e. The molecule has 1 aliphatic rings. The number of nitrogens with one attached hydrogen (secondary N) is 1. The number of nitriles is 1. The average Bonchev–Trinajstić information content (AvgIpc) is 2.95. The standard InChI is InChI=1S/C17H23N3O/c1-13(2)20-8-7-16(12-20)11-19-17(21)9-14-3-5-15(10-18)6-4-14/h3-6,13,16H,7-9,11-12H2,1-2H3,(H,19,21). The van der Waals surface area contributed by atoms with Crippen LogP contribution in [0.25, 0.3) is 0 Å². The monoisotopic (exact) mass is 285 g/mol. The van der Waals surface area contributed by atoms with E-state index in [-0.39, 0.29) is 5.91 Å². The highest BCUT2D eigenvalue weighted by Crippen LogP contribution is 2.17. The highest BCUT2D eigenvalue weighted by Gasteiger charge is 2.24. The Labute approximate surface area is 126 Å². The van der Waals surface area contributed by atoms with E-state index in [0.717, 1.165) is 31.6 Å². The normalized spacial score (nSPS) is 18.7. The summed E-state index contributed by atoms with van der Waals surface area (Å²) < 4.78 is 0. The van der Waals surface area contributed by atoms with Gasteiger partial charge in [-0.05, 0) is 50.4 Å². The number of likely N-dealkylation sites (tertiary alicyclic amines) is 1. The van der Waals surface area contributed by atoms with Crippen molar-refractivity contribution >= 4 is 5.91 Å². The molecule has 1 aromatic rings. The molecule has 1 aliphatic heterocycles. The van der Waals surface area contributed by atoms with E-state index in [0.29, 0.717) is 23.9 Å². The van der Waals surface area contributed by atoms with E-state index in [1.165, 1.54) is 0 Å². The minimum Gasteiger partial charge on any atom is -0.355 e. The van der Waals surface area contributed by atoms with Gasteiger partial charge in [-0.15, -0.1) is 0 Å². The van der Waals surface area contributed by atoms with Crippen LogP contribution in [0.3, 0.4) is 0 Å². The maximum absolute atomic E-state index is 11.9.